The average molecular weight is 342 g/mol. The molecule has 2 rings (SSSR count). The van der Waals surface area contributed by atoms with Gasteiger partial charge in [-0.3, -0.25) is 9.48 Å². The van der Waals surface area contributed by atoms with E-state index in [4.69, 9.17) is 10.5 Å². The molecule has 1 aromatic heterocycles. The van der Waals surface area contributed by atoms with Crippen molar-refractivity contribution in [1.29, 1.82) is 0 Å². The van der Waals surface area contributed by atoms with Gasteiger partial charge in [0.15, 0.2) is 5.69 Å². The number of carbonyl (C=O) groups is 1. The van der Waals surface area contributed by atoms with Crippen LogP contribution in [0.4, 0.5) is 18.9 Å². The lowest BCUT2D eigenvalue weighted by Gasteiger charge is -2.08. The minimum Gasteiger partial charge on any atom is -0.494 e. The van der Waals surface area contributed by atoms with Crippen LogP contribution in [0, 0.1) is 0 Å². The topological polar surface area (TPSA) is 82.2 Å². The lowest BCUT2D eigenvalue weighted by molar-refractivity contribution is -0.141. The first-order valence-electron chi connectivity index (χ1n) is 7.22. The van der Waals surface area contributed by atoms with Crippen LogP contribution in [-0.4, -0.2) is 28.8 Å². The number of anilines is 1. The van der Waals surface area contributed by atoms with Crippen LogP contribution in [0.3, 0.4) is 0 Å². The molecule has 3 N–H and O–H groups in total. The fraction of sp³-hybridized carbons (Fsp3) is 0.333. The molecule has 1 amide bonds. The Balaban J connectivity index is 1.98. The third-order valence-corrected chi connectivity index (χ3v) is 3.13. The molecule has 0 fully saturated rings. The quantitative estimate of drug-likeness (QED) is 0.810. The second kappa shape index (κ2) is 7.24. The highest BCUT2D eigenvalue weighted by Crippen LogP contribution is 2.30. The number of rotatable bonds is 7. The zero-order valence-electron chi connectivity index (χ0n) is 12.9. The number of carbonyl (C=O) groups excluding carboxylic acids is 1. The molecular weight excluding hydrogens is 325 g/mol. The number of primary amides is 1. The summed E-state index contributed by atoms with van der Waals surface area (Å²) in [5.41, 5.74) is 3.85. The predicted molar refractivity (Wildman–Crippen MR) is 81.8 cm³/mol. The number of nitrogens with zero attached hydrogens (tertiary/aromatic N) is 2. The number of nitrogens with two attached hydrogens (primary N) is 1. The van der Waals surface area contributed by atoms with Gasteiger partial charge in [-0.15, -0.1) is 0 Å². The zero-order valence-corrected chi connectivity index (χ0v) is 12.9. The van der Waals surface area contributed by atoms with Crippen molar-refractivity contribution in [3.8, 4) is 5.75 Å². The van der Waals surface area contributed by atoms with Crippen molar-refractivity contribution in [3.63, 3.8) is 0 Å². The number of hydrogen-bond donors (Lipinski definition) is 2. The Hall–Kier alpha value is -2.71. The van der Waals surface area contributed by atoms with Gasteiger partial charge in [0, 0.05) is 18.4 Å². The maximum absolute atomic E-state index is 12.8. The highest BCUT2D eigenvalue weighted by Gasteiger charge is 2.38. The van der Waals surface area contributed by atoms with Gasteiger partial charge in [-0.1, -0.05) is 0 Å². The van der Waals surface area contributed by atoms with Crippen molar-refractivity contribution >= 4 is 11.6 Å². The lowest BCUT2D eigenvalue weighted by atomic mass is 10.2. The summed E-state index contributed by atoms with van der Waals surface area (Å²) < 4.78 is 44.8. The minimum absolute atomic E-state index is 0.142. The molecule has 0 radical (unpaired) electrons. The summed E-state index contributed by atoms with van der Waals surface area (Å²) in [6.07, 6.45) is -3.72. The average Bonchev–Trinajstić information content (AvgIpc) is 2.94. The Morgan fingerprint density at radius 3 is 2.50 bits per heavy atom. The number of ether oxygens (including phenoxy) is 1. The van der Waals surface area contributed by atoms with E-state index in [0.717, 1.165) is 22.3 Å². The summed E-state index contributed by atoms with van der Waals surface area (Å²) in [5, 5.41) is 6.45. The van der Waals surface area contributed by atoms with Crippen LogP contribution >= 0.6 is 0 Å². The van der Waals surface area contributed by atoms with Gasteiger partial charge in [-0.2, -0.15) is 18.3 Å². The van der Waals surface area contributed by atoms with E-state index >= 15 is 0 Å². The van der Waals surface area contributed by atoms with Gasteiger partial charge in [0.05, 0.1) is 18.7 Å². The Bertz CT molecular complexity index is 696. The Kier molecular flexibility index (Phi) is 5.32. The molecule has 1 heterocycles. The van der Waals surface area contributed by atoms with Crippen LogP contribution in [0.15, 0.2) is 30.5 Å². The summed E-state index contributed by atoms with van der Waals surface area (Å²) >= 11 is 0. The van der Waals surface area contributed by atoms with Crippen molar-refractivity contribution < 1.29 is 22.7 Å². The molecule has 0 aliphatic rings. The second-order valence-electron chi connectivity index (χ2n) is 4.90. The summed E-state index contributed by atoms with van der Waals surface area (Å²) in [7, 11) is 0. The van der Waals surface area contributed by atoms with E-state index in [9.17, 15) is 18.0 Å². The Labute approximate surface area is 136 Å². The number of amides is 1. The largest absolute Gasteiger partial charge is 0.494 e. The molecule has 6 nitrogen and oxygen atoms in total. The van der Waals surface area contributed by atoms with Crippen molar-refractivity contribution in [3.05, 3.63) is 41.7 Å². The number of nitrogens with one attached hydrogen (secondary N) is 1. The van der Waals surface area contributed by atoms with E-state index in [-0.39, 0.29) is 6.54 Å². The van der Waals surface area contributed by atoms with Gasteiger partial charge >= 0.3 is 6.18 Å². The Morgan fingerprint density at radius 1 is 1.33 bits per heavy atom. The van der Waals surface area contributed by atoms with Crippen LogP contribution in [0.5, 0.6) is 5.75 Å². The molecule has 2 aromatic rings. The number of halogens is 3. The molecule has 0 atom stereocenters. The molecule has 0 bridgehead atoms. The van der Waals surface area contributed by atoms with Crippen LogP contribution in [0.1, 0.15) is 23.0 Å². The molecule has 1 aromatic carbocycles. The van der Waals surface area contributed by atoms with Crippen LogP contribution in [0.25, 0.3) is 0 Å². The van der Waals surface area contributed by atoms with E-state index in [0.29, 0.717) is 13.2 Å². The molecule has 9 heteroatoms. The fourth-order valence-electron chi connectivity index (χ4n) is 2.08. The van der Waals surface area contributed by atoms with E-state index < -0.39 is 23.3 Å². The predicted octanol–water partition coefficient (Wildman–Crippen LogP) is 2.51. The van der Waals surface area contributed by atoms with E-state index in [2.05, 4.69) is 10.4 Å². The lowest BCUT2D eigenvalue weighted by Crippen LogP contribution is -2.17. The maximum Gasteiger partial charge on any atom is 0.435 e. The first kappa shape index (κ1) is 17.6. The molecule has 0 unspecified atom stereocenters. The third-order valence-electron chi connectivity index (χ3n) is 3.13. The number of aromatic nitrogens is 2. The summed E-state index contributed by atoms with van der Waals surface area (Å²) in [6, 6.07) is 7.16. The Morgan fingerprint density at radius 2 is 2.00 bits per heavy atom. The smallest absolute Gasteiger partial charge is 0.435 e. The molecular formula is C15H17F3N4O2. The van der Waals surface area contributed by atoms with Gasteiger partial charge in [-0.25, -0.2) is 0 Å². The molecule has 0 saturated heterocycles. The van der Waals surface area contributed by atoms with E-state index in [1.807, 2.05) is 6.92 Å². The molecule has 0 aliphatic heterocycles. The standard InChI is InChI=1S/C15H17F3N4O2/c1-2-24-11-5-3-10(4-6-11)20-7-8-22-9-12(14(19)23)13(21-22)15(16,17)18/h3-6,9,20H,2,7-8H2,1H3,(H2,19,23). The number of benzene rings is 1. The van der Waals surface area contributed by atoms with Crippen molar-refractivity contribution in [2.24, 2.45) is 5.73 Å². The van der Waals surface area contributed by atoms with Gasteiger partial charge in [-0.05, 0) is 31.2 Å². The highest BCUT2D eigenvalue weighted by atomic mass is 19.4. The molecule has 24 heavy (non-hydrogen) atoms. The molecule has 130 valence electrons. The van der Waals surface area contributed by atoms with Crippen molar-refractivity contribution in [2.45, 2.75) is 19.6 Å². The van der Waals surface area contributed by atoms with Gasteiger partial charge in [0.25, 0.3) is 5.91 Å². The number of hydrogen-bond acceptors (Lipinski definition) is 4. The highest BCUT2D eigenvalue weighted by molar-refractivity contribution is 5.93. The number of alkyl halides is 3. The molecule has 0 saturated carbocycles. The fourth-order valence-corrected chi connectivity index (χ4v) is 2.08. The normalized spacial score (nSPS) is 11.3. The third kappa shape index (κ3) is 4.40. The molecule has 0 spiro atoms. The van der Waals surface area contributed by atoms with Gasteiger partial charge < -0.3 is 15.8 Å². The molecule has 0 aliphatic carbocycles. The monoisotopic (exact) mass is 342 g/mol. The van der Waals surface area contributed by atoms with Gasteiger partial charge in [0.2, 0.25) is 0 Å². The summed E-state index contributed by atoms with van der Waals surface area (Å²) in [5.74, 6) is -0.427. The summed E-state index contributed by atoms with van der Waals surface area (Å²) in [4.78, 5) is 11.1. The van der Waals surface area contributed by atoms with E-state index in [1.165, 1.54) is 0 Å². The second-order valence-corrected chi connectivity index (χ2v) is 4.90. The summed E-state index contributed by atoms with van der Waals surface area (Å²) in [6.45, 7) is 2.91. The van der Waals surface area contributed by atoms with E-state index in [1.54, 1.807) is 24.3 Å². The van der Waals surface area contributed by atoms with Crippen LogP contribution in [-0.2, 0) is 12.7 Å². The zero-order chi connectivity index (χ0) is 17.7. The van der Waals surface area contributed by atoms with Crippen LogP contribution in [0.2, 0.25) is 0 Å². The SMILES string of the molecule is CCOc1ccc(NCCn2cc(C(N)=O)c(C(F)(F)F)n2)cc1. The van der Waals surface area contributed by atoms with Crippen molar-refractivity contribution in [2.75, 3.05) is 18.5 Å². The van der Waals surface area contributed by atoms with Gasteiger partial charge in [0.1, 0.15) is 5.75 Å². The minimum atomic E-state index is -4.72. The first-order valence-corrected chi connectivity index (χ1v) is 7.22. The van der Waals surface area contributed by atoms with Crippen LogP contribution < -0.4 is 15.8 Å². The van der Waals surface area contributed by atoms with Crippen molar-refractivity contribution in [1.82, 2.24) is 9.78 Å². The first-order chi connectivity index (χ1) is 11.3. The maximum atomic E-state index is 12.8.